The number of hydrogen-bond donors (Lipinski definition) is 2. The topological polar surface area (TPSA) is 74.2 Å². The molecule has 0 unspecified atom stereocenters. The molecule has 5 heteroatoms. The molecule has 0 radical (unpaired) electrons. The third kappa shape index (κ3) is 3.18. The Hall–Kier alpha value is -2.09. The van der Waals surface area contributed by atoms with Crippen molar-refractivity contribution in [2.75, 3.05) is 0 Å². The fourth-order valence-corrected chi connectivity index (χ4v) is 1.42. The highest BCUT2D eigenvalue weighted by Crippen LogP contribution is 2.18. The number of nitrogens with zero attached hydrogens (tertiary/aromatic N) is 2. The van der Waals surface area contributed by atoms with Gasteiger partial charge in [-0.05, 0) is 31.0 Å². The third-order valence-corrected chi connectivity index (χ3v) is 2.52. The van der Waals surface area contributed by atoms with Crippen molar-refractivity contribution < 1.29 is 4.39 Å². The summed E-state index contributed by atoms with van der Waals surface area (Å²) in [6.45, 7) is 0.146. The lowest BCUT2D eigenvalue weighted by atomic mass is 10.1. The first kappa shape index (κ1) is 11.4. The van der Waals surface area contributed by atoms with Crippen LogP contribution >= 0.6 is 0 Å². The zero-order valence-electron chi connectivity index (χ0n) is 9.28. The molecule has 2 rings (SSSR count). The van der Waals surface area contributed by atoms with E-state index in [4.69, 9.17) is 11.0 Å². The van der Waals surface area contributed by atoms with Crippen LogP contribution in [-0.4, -0.2) is 12.0 Å². The van der Waals surface area contributed by atoms with E-state index in [0.29, 0.717) is 23.1 Å². The standard InChI is InChI=1S/C12H13FN4/c13-11-4-1-8(6-14)5-9(11)7-16-12(15)17-10-2-3-10/h1,4-5,10H,2-3,7H2,(H3,15,16,17). The number of halogens is 1. The van der Waals surface area contributed by atoms with Crippen molar-refractivity contribution in [3.05, 3.63) is 35.1 Å². The Balaban J connectivity index is 2.04. The van der Waals surface area contributed by atoms with Gasteiger partial charge in [0.1, 0.15) is 5.82 Å². The molecule has 88 valence electrons. The number of nitrogens with one attached hydrogen (secondary N) is 1. The van der Waals surface area contributed by atoms with Crippen molar-refractivity contribution in [1.29, 1.82) is 5.26 Å². The first-order chi connectivity index (χ1) is 8.19. The summed E-state index contributed by atoms with van der Waals surface area (Å²) in [6.07, 6.45) is 2.21. The van der Waals surface area contributed by atoms with E-state index in [1.165, 1.54) is 18.2 Å². The predicted octanol–water partition coefficient (Wildman–Crippen LogP) is 1.26. The van der Waals surface area contributed by atoms with Gasteiger partial charge in [-0.1, -0.05) is 0 Å². The van der Waals surface area contributed by atoms with Gasteiger partial charge in [0, 0.05) is 11.6 Å². The molecule has 17 heavy (non-hydrogen) atoms. The molecule has 1 aromatic rings. The van der Waals surface area contributed by atoms with Crippen molar-refractivity contribution in [3.8, 4) is 6.07 Å². The summed E-state index contributed by atoms with van der Waals surface area (Å²) >= 11 is 0. The molecule has 0 aromatic heterocycles. The summed E-state index contributed by atoms with van der Waals surface area (Å²) in [5.41, 5.74) is 6.44. The molecular formula is C12H13FN4. The quantitative estimate of drug-likeness (QED) is 0.608. The summed E-state index contributed by atoms with van der Waals surface area (Å²) in [6, 6.07) is 6.59. The van der Waals surface area contributed by atoms with Crippen molar-refractivity contribution in [1.82, 2.24) is 5.32 Å². The van der Waals surface area contributed by atoms with Crippen LogP contribution in [0, 0.1) is 17.1 Å². The molecule has 0 amide bonds. The largest absolute Gasteiger partial charge is 0.370 e. The highest BCUT2D eigenvalue weighted by atomic mass is 19.1. The van der Waals surface area contributed by atoms with E-state index in [0.717, 1.165) is 12.8 Å². The summed E-state index contributed by atoms with van der Waals surface area (Å²) < 4.78 is 13.4. The molecule has 0 bridgehead atoms. The molecule has 3 N–H and O–H groups in total. The average molecular weight is 232 g/mol. The van der Waals surface area contributed by atoms with Gasteiger partial charge in [0.05, 0.1) is 18.2 Å². The van der Waals surface area contributed by atoms with Gasteiger partial charge in [0.2, 0.25) is 0 Å². The predicted molar refractivity (Wildman–Crippen MR) is 62.6 cm³/mol. The highest BCUT2D eigenvalue weighted by Gasteiger charge is 2.21. The molecule has 1 fully saturated rings. The Morgan fingerprint density at radius 2 is 2.35 bits per heavy atom. The van der Waals surface area contributed by atoms with Gasteiger partial charge < -0.3 is 11.1 Å². The fourth-order valence-electron chi connectivity index (χ4n) is 1.42. The van der Waals surface area contributed by atoms with Crippen LogP contribution in [0.15, 0.2) is 23.2 Å². The van der Waals surface area contributed by atoms with Crippen LogP contribution < -0.4 is 11.1 Å². The number of rotatable bonds is 3. The van der Waals surface area contributed by atoms with E-state index in [9.17, 15) is 4.39 Å². The lowest BCUT2D eigenvalue weighted by molar-refractivity contribution is 0.610. The van der Waals surface area contributed by atoms with E-state index in [1.54, 1.807) is 0 Å². The van der Waals surface area contributed by atoms with Gasteiger partial charge in [0.25, 0.3) is 0 Å². The van der Waals surface area contributed by atoms with Crippen molar-refractivity contribution in [2.45, 2.75) is 25.4 Å². The lowest BCUT2D eigenvalue weighted by Crippen LogP contribution is -2.33. The SMILES string of the molecule is N#Cc1ccc(F)c(CN=C(N)NC2CC2)c1. The molecule has 0 spiro atoms. The second-order valence-electron chi connectivity index (χ2n) is 4.04. The fraction of sp³-hybridized carbons (Fsp3) is 0.333. The Bertz CT molecular complexity index is 486. The number of benzene rings is 1. The molecule has 0 atom stereocenters. The van der Waals surface area contributed by atoms with E-state index in [-0.39, 0.29) is 12.4 Å². The van der Waals surface area contributed by atoms with Gasteiger partial charge in [-0.15, -0.1) is 0 Å². The van der Waals surface area contributed by atoms with Gasteiger partial charge in [-0.2, -0.15) is 5.26 Å². The second-order valence-corrected chi connectivity index (χ2v) is 4.04. The number of guanidine groups is 1. The maximum atomic E-state index is 13.4. The number of hydrogen-bond acceptors (Lipinski definition) is 2. The summed E-state index contributed by atoms with van der Waals surface area (Å²) in [7, 11) is 0. The van der Waals surface area contributed by atoms with Gasteiger partial charge in [-0.3, -0.25) is 0 Å². The maximum Gasteiger partial charge on any atom is 0.189 e. The number of nitrogens with two attached hydrogens (primary N) is 1. The molecule has 0 aliphatic heterocycles. The molecular weight excluding hydrogens is 219 g/mol. The van der Waals surface area contributed by atoms with Crippen molar-refractivity contribution in [2.24, 2.45) is 10.7 Å². The number of nitriles is 1. The van der Waals surface area contributed by atoms with Gasteiger partial charge in [0.15, 0.2) is 5.96 Å². The smallest absolute Gasteiger partial charge is 0.189 e. The zero-order valence-corrected chi connectivity index (χ0v) is 9.28. The monoisotopic (exact) mass is 232 g/mol. The molecule has 4 nitrogen and oxygen atoms in total. The minimum atomic E-state index is -0.369. The van der Waals surface area contributed by atoms with Crippen LogP contribution in [0.5, 0.6) is 0 Å². The van der Waals surface area contributed by atoms with Crippen molar-refractivity contribution in [3.63, 3.8) is 0 Å². The zero-order chi connectivity index (χ0) is 12.3. The molecule has 1 aliphatic rings. The molecule has 0 saturated heterocycles. The van der Waals surface area contributed by atoms with E-state index >= 15 is 0 Å². The molecule has 1 saturated carbocycles. The molecule has 0 heterocycles. The van der Waals surface area contributed by atoms with Crippen LogP contribution in [0.4, 0.5) is 4.39 Å². The van der Waals surface area contributed by atoms with Gasteiger partial charge >= 0.3 is 0 Å². The van der Waals surface area contributed by atoms with Crippen LogP contribution in [0.3, 0.4) is 0 Å². The Labute approximate surface area is 99.0 Å². The number of aliphatic imine (C=N–C) groups is 1. The highest BCUT2D eigenvalue weighted by molar-refractivity contribution is 5.78. The van der Waals surface area contributed by atoms with Gasteiger partial charge in [-0.25, -0.2) is 9.38 Å². The van der Waals surface area contributed by atoms with E-state index < -0.39 is 0 Å². The Kier molecular flexibility index (Phi) is 3.24. The molecule has 1 aromatic carbocycles. The third-order valence-electron chi connectivity index (χ3n) is 2.52. The normalized spacial score (nSPS) is 15.4. The average Bonchev–Trinajstić information content (AvgIpc) is 3.12. The summed E-state index contributed by atoms with van der Waals surface area (Å²) in [4.78, 5) is 4.04. The summed E-state index contributed by atoms with van der Waals surface area (Å²) in [5, 5.41) is 11.7. The molecule has 1 aliphatic carbocycles. The van der Waals surface area contributed by atoms with E-state index in [2.05, 4.69) is 10.3 Å². The van der Waals surface area contributed by atoms with E-state index in [1.807, 2.05) is 6.07 Å². The minimum absolute atomic E-state index is 0.146. The van der Waals surface area contributed by atoms with Crippen LogP contribution in [0.1, 0.15) is 24.0 Å². The van der Waals surface area contributed by atoms with Crippen LogP contribution in [0.2, 0.25) is 0 Å². The Morgan fingerprint density at radius 1 is 1.59 bits per heavy atom. The summed E-state index contributed by atoms with van der Waals surface area (Å²) in [5.74, 6) is -0.0405. The van der Waals surface area contributed by atoms with Crippen molar-refractivity contribution >= 4 is 5.96 Å². The lowest BCUT2D eigenvalue weighted by Gasteiger charge is -2.04. The minimum Gasteiger partial charge on any atom is -0.370 e. The Morgan fingerprint density at radius 3 is 3.00 bits per heavy atom. The first-order valence-corrected chi connectivity index (χ1v) is 5.44. The maximum absolute atomic E-state index is 13.4. The van der Waals surface area contributed by atoms with Crippen LogP contribution in [0.25, 0.3) is 0 Å². The second kappa shape index (κ2) is 4.83. The first-order valence-electron chi connectivity index (χ1n) is 5.44. The van der Waals surface area contributed by atoms with Crippen LogP contribution in [-0.2, 0) is 6.54 Å².